The summed E-state index contributed by atoms with van der Waals surface area (Å²) >= 11 is 0. The molecule has 0 amide bonds. The lowest BCUT2D eigenvalue weighted by Gasteiger charge is -2.33. The first-order chi connectivity index (χ1) is 16.6. The molecule has 0 radical (unpaired) electrons. The van der Waals surface area contributed by atoms with Crippen LogP contribution in [-0.2, 0) is 21.7 Å². The van der Waals surface area contributed by atoms with Crippen molar-refractivity contribution in [3.05, 3.63) is 57.6 Å². The first-order valence-corrected chi connectivity index (χ1v) is 14.0. The summed E-state index contributed by atoms with van der Waals surface area (Å²) in [5, 5.41) is 22.0. The van der Waals surface area contributed by atoms with Crippen LogP contribution in [0.15, 0.2) is 24.3 Å². The fraction of sp³-hybridized carbons (Fsp3) is 0.647. The third-order valence-corrected chi connectivity index (χ3v) is 7.43. The predicted octanol–water partition coefficient (Wildman–Crippen LogP) is 8.88. The molecule has 2 atom stereocenters. The molecule has 0 spiro atoms. The van der Waals surface area contributed by atoms with Gasteiger partial charge in [-0.05, 0) is 44.8 Å². The average molecular weight is 511 g/mol. The van der Waals surface area contributed by atoms with Gasteiger partial charge in [0.2, 0.25) is 0 Å². The van der Waals surface area contributed by atoms with Gasteiger partial charge in [0.05, 0.1) is 6.10 Å². The van der Waals surface area contributed by atoms with Gasteiger partial charge in [-0.25, -0.2) is 0 Å². The maximum Gasteiger partial charge on any atom is 0.126 e. The maximum atomic E-state index is 11.7. The number of hydrogen-bond donors (Lipinski definition) is 2. The molecular weight excluding hydrogens is 456 g/mol. The maximum absolute atomic E-state index is 11.7. The smallest absolute Gasteiger partial charge is 0.126 e. The van der Waals surface area contributed by atoms with Gasteiger partial charge in [-0.1, -0.05) is 121 Å². The number of rotatable bonds is 6. The van der Waals surface area contributed by atoms with Gasteiger partial charge in [0.1, 0.15) is 18.1 Å². The normalized spacial score (nSPS) is 15.0. The number of hydrogen-bond acceptors (Lipinski definition) is 3. The molecule has 0 saturated heterocycles. The molecular formula is C34H54O3. The van der Waals surface area contributed by atoms with E-state index in [0.29, 0.717) is 12.2 Å². The summed E-state index contributed by atoms with van der Waals surface area (Å²) in [5.74, 6) is 1.09. The number of benzene rings is 2. The number of ether oxygens (including phenoxy) is 1. The molecule has 0 fully saturated rings. The van der Waals surface area contributed by atoms with Gasteiger partial charge in [-0.3, -0.25) is 0 Å². The van der Waals surface area contributed by atoms with Crippen LogP contribution in [0.5, 0.6) is 11.5 Å². The molecule has 37 heavy (non-hydrogen) atoms. The van der Waals surface area contributed by atoms with Gasteiger partial charge in [0.25, 0.3) is 0 Å². The Morgan fingerprint density at radius 1 is 0.676 bits per heavy atom. The zero-order valence-corrected chi connectivity index (χ0v) is 26.2. The quantitative estimate of drug-likeness (QED) is 0.408. The monoisotopic (exact) mass is 510 g/mol. The highest BCUT2D eigenvalue weighted by atomic mass is 16.5. The van der Waals surface area contributed by atoms with Crippen LogP contribution >= 0.6 is 0 Å². The predicted molar refractivity (Wildman–Crippen MR) is 159 cm³/mol. The zero-order valence-electron chi connectivity index (χ0n) is 26.2. The van der Waals surface area contributed by atoms with Gasteiger partial charge in [0.15, 0.2) is 0 Å². The molecule has 2 aromatic carbocycles. The minimum Gasteiger partial charge on any atom is -0.507 e. The second-order valence-electron chi connectivity index (χ2n) is 15.0. The second kappa shape index (κ2) is 10.6. The van der Waals surface area contributed by atoms with E-state index in [-0.39, 0.29) is 34.2 Å². The van der Waals surface area contributed by atoms with Crippen LogP contribution in [-0.4, -0.2) is 22.9 Å². The Morgan fingerprint density at radius 2 is 1.11 bits per heavy atom. The van der Waals surface area contributed by atoms with Gasteiger partial charge in [-0.15, -0.1) is 0 Å². The number of aliphatic hydroxyl groups is 1. The molecule has 0 aliphatic rings. The SMILES string of the molecule is CCC(O)COc1c(C(C)c2cc(C(C)(C)C)cc(C(C)(C)C)c2O)cc(C(C)(C)C)cc1C(C)(C)C. The zero-order chi connectivity index (χ0) is 28.7. The van der Waals surface area contributed by atoms with Crippen LogP contribution in [0.2, 0.25) is 0 Å². The lowest BCUT2D eigenvalue weighted by atomic mass is 9.74. The Morgan fingerprint density at radius 3 is 1.51 bits per heavy atom. The molecule has 3 heteroatoms. The number of phenols is 1. The van der Waals surface area contributed by atoms with E-state index >= 15 is 0 Å². The number of phenolic OH excluding ortho intramolecular Hbond substituents is 1. The van der Waals surface area contributed by atoms with Crippen LogP contribution in [0.1, 0.15) is 143 Å². The van der Waals surface area contributed by atoms with E-state index in [1.807, 2.05) is 6.92 Å². The molecule has 2 N–H and O–H groups in total. The standard InChI is InChI=1S/C34H54O3/c1-15-24(35)20-37-30-26(17-23(32(6,7)8)19-28(30)34(12,13)14)21(2)25-16-22(31(3,4)5)18-27(29(25)36)33(9,10)11/h16-19,21,24,35-36H,15,20H2,1-14H3. The Balaban J connectivity index is 2.96. The van der Waals surface area contributed by atoms with Crippen LogP contribution in [0, 0.1) is 0 Å². The summed E-state index contributed by atoms with van der Waals surface area (Å²) in [5.41, 5.74) is 6.06. The van der Waals surface area contributed by atoms with E-state index in [4.69, 9.17) is 4.74 Å². The summed E-state index contributed by atoms with van der Waals surface area (Å²) in [6.45, 7) is 30.8. The second-order valence-corrected chi connectivity index (χ2v) is 15.0. The topological polar surface area (TPSA) is 49.7 Å². The summed E-state index contributed by atoms with van der Waals surface area (Å²) < 4.78 is 6.46. The molecule has 0 aliphatic heterocycles. The van der Waals surface area contributed by atoms with Crippen molar-refractivity contribution in [2.24, 2.45) is 0 Å². The largest absolute Gasteiger partial charge is 0.507 e. The van der Waals surface area contributed by atoms with Crippen molar-refractivity contribution in [3.8, 4) is 11.5 Å². The minimum absolute atomic E-state index is 0.0538. The van der Waals surface area contributed by atoms with E-state index in [1.165, 1.54) is 11.1 Å². The van der Waals surface area contributed by atoms with E-state index in [0.717, 1.165) is 28.0 Å². The van der Waals surface area contributed by atoms with Crippen molar-refractivity contribution in [3.63, 3.8) is 0 Å². The molecule has 208 valence electrons. The van der Waals surface area contributed by atoms with Gasteiger partial charge in [0, 0.05) is 22.6 Å². The van der Waals surface area contributed by atoms with Crippen molar-refractivity contribution in [1.29, 1.82) is 0 Å². The summed E-state index contributed by atoms with van der Waals surface area (Å²) in [6.07, 6.45) is 0.113. The third kappa shape index (κ3) is 7.31. The van der Waals surface area contributed by atoms with Crippen molar-refractivity contribution in [2.75, 3.05) is 6.61 Å². The Labute approximate surface area is 227 Å². The Bertz CT molecular complexity index is 1080. The molecule has 2 aromatic rings. The average Bonchev–Trinajstić information content (AvgIpc) is 2.73. The molecule has 2 unspecified atom stereocenters. The lowest BCUT2D eigenvalue weighted by molar-refractivity contribution is 0.102. The van der Waals surface area contributed by atoms with E-state index in [2.05, 4.69) is 114 Å². The molecule has 2 rings (SSSR count). The molecule has 0 aromatic heterocycles. The summed E-state index contributed by atoms with van der Waals surface area (Å²) in [6, 6.07) is 8.89. The molecule has 0 bridgehead atoms. The fourth-order valence-corrected chi connectivity index (χ4v) is 4.58. The molecule has 0 saturated carbocycles. The van der Waals surface area contributed by atoms with Crippen molar-refractivity contribution in [1.82, 2.24) is 0 Å². The lowest BCUT2D eigenvalue weighted by Crippen LogP contribution is -2.23. The highest BCUT2D eigenvalue weighted by Gasteiger charge is 2.32. The highest BCUT2D eigenvalue weighted by molar-refractivity contribution is 5.57. The van der Waals surface area contributed by atoms with Crippen LogP contribution < -0.4 is 4.74 Å². The molecule has 3 nitrogen and oxygen atoms in total. The number of aromatic hydroxyl groups is 1. The van der Waals surface area contributed by atoms with Crippen LogP contribution in [0.25, 0.3) is 0 Å². The van der Waals surface area contributed by atoms with E-state index < -0.39 is 6.10 Å². The van der Waals surface area contributed by atoms with Crippen molar-refractivity contribution in [2.45, 2.75) is 137 Å². The Hall–Kier alpha value is -2.00. The first kappa shape index (κ1) is 31.2. The summed E-state index contributed by atoms with van der Waals surface area (Å²) in [4.78, 5) is 0. The van der Waals surface area contributed by atoms with Gasteiger partial charge in [-0.2, -0.15) is 0 Å². The molecule has 0 aliphatic carbocycles. The number of aliphatic hydroxyl groups excluding tert-OH is 1. The van der Waals surface area contributed by atoms with Crippen molar-refractivity contribution < 1.29 is 14.9 Å². The molecule has 0 heterocycles. The van der Waals surface area contributed by atoms with Gasteiger partial charge >= 0.3 is 0 Å². The van der Waals surface area contributed by atoms with Crippen LogP contribution in [0.4, 0.5) is 0 Å². The highest BCUT2D eigenvalue weighted by Crippen LogP contribution is 2.47. The minimum atomic E-state index is -0.525. The van der Waals surface area contributed by atoms with Crippen LogP contribution in [0.3, 0.4) is 0 Å². The first-order valence-electron chi connectivity index (χ1n) is 14.0. The van der Waals surface area contributed by atoms with Crippen molar-refractivity contribution >= 4 is 0 Å². The third-order valence-electron chi connectivity index (χ3n) is 7.43. The Kier molecular flexibility index (Phi) is 8.97. The summed E-state index contributed by atoms with van der Waals surface area (Å²) in [7, 11) is 0. The van der Waals surface area contributed by atoms with E-state index in [1.54, 1.807) is 0 Å². The van der Waals surface area contributed by atoms with E-state index in [9.17, 15) is 10.2 Å². The fourth-order valence-electron chi connectivity index (χ4n) is 4.58. The van der Waals surface area contributed by atoms with Gasteiger partial charge < -0.3 is 14.9 Å².